The van der Waals surface area contributed by atoms with Crippen LogP contribution in [0.1, 0.15) is 5.56 Å². The fourth-order valence-corrected chi connectivity index (χ4v) is 1.96. The molecule has 5 nitrogen and oxygen atoms in total. The predicted octanol–water partition coefficient (Wildman–Crippen LogP) is 2.22. The molecule has 0 aliphatic carbocycles. The van der Waals surface area contributed by atoms with Crippen LogP contribution in [0.15, 0.2) is 55.4 Å². The number of aryl methyl sites for hydroxylation is 1. The molecular formula is C14H15N5. The van der Waals surface area contributed by atoms with E-state index in [1.54, 1.807) is 17.2 Å². The Kier molecular flexibility index (Phi) is 3.02. The Morgan fingerprint density at radius 3 is 3.00 bits per heavy atom. The molecule has 0 bridgehead atoms. The van der Waals surface area contributed by atoms with E-state index in [4.69, 9.17) is 0 Å². The minimum absolute atomic E-state index is 0.765. The largest absolute Gasteiger partial charge is 0.381 e. The highest BCUT2D eigenvalue weighted by molar-refractivity contribution is 5.51. The summed E-state index contributed by atoms with van der Waals surface area (Å²) in [6.07, 6.45) is 9.37. The quantitative estimate of drug-likeness (QED) is 0.775. The number of rotatable bonds is 4. The van der Waals surface area contributed by atoms with E-state index >= 15 is 0 Å². The lowest BCUT2D eigenvalue weighted by Crippen LogP contribution is -1.99. The molecule has 0 aliphatic rings. The molecule has 0 unspecified atom stereocenters. The van der Waals surface area contributed by atoms with E-state index in [0.717, 1.165) is 23.5 Å². The third-order valence-corrected chi connectivity index (χ3v) is 2.90. The summed E-state index contributed by atoms with van der Waals surface area (Å²) in [6, 6.07) is 8.23. The summed E-state index contributed by atoms with van der Waals surface area (Å²) >= 11 is 0. The zero-order chi connectivity index (χ0) is 13.1. The lowest BCUT2D eigenvalue weighted by Gasteiger charge is -2.07. The third kappa shape index (κ3) is 2.65. The van der Waals surface area contributed by atoms with Crippen molar-refractivity contribution in [2.75, 3.05) is 5.32 Å². The van der Waals surface area contributed by atoms with Crippen molar-refractivity contribution in [3.8, 4) is 5.69 Å². The average molecular weight is 253 g/mol. The van der Waals surface area contributed by atoms with Crippen LogP contribution in [0.4, 0.5) is 5.69 Å². The van der Waals surface area contributed by atoms with Crippen molar-refractivity contribution in [2.45, 2.75) is 6.54 Å². The molecule has 96 valence electrons. The van der Waals surface area contributed by atoms with E-state index in [1.165, 1.54) is 0 Å². The van der Waals surface area contributed by atoms with Crippen LogP contribution in [0.2, 0.25) is 0 Å². The number of hydrogen-bond acceptors (Lipinski definition) is 3. The van der Waals surface area contributed by atoms with Gasteiger partial charge in [0.25, 0.3) is 0 Å². The first-order valence-electron chi connectivity index (χ1n) is 6.11. The highest BCUT2D eigenvalue weighted by atomic mass is 15.2. The normalized spacial score (nSPS) is 10.6. The number of nitrogens with one attached hydrogen (secondary N) is 1. The van der Waals surface area contributed by atoms with E-state index in [1.807, 2.05) is 36.3 Å². The number of nitrogens with zero attached hydrogens (tertiary/aromatic N) is 4. The maximum atomic E-state index is 4.15. The summed E-state index contributed by atoms with van der Waals surface area (Å²) in [5.74, 6) is 0. The van der Waals surface area contributed by atoms with Crippen LogP contribution >= 0.6 is 0 Å². The molecule has 1 aromatic carbocycles. The van der Waals surface area contributed by atoms with Crippen molar-refractivity contribution in [1.29, 1.82) is 0 Å². The maximum Gasteiger partial charge on any atom is 0.0991 e. The zero-order valence-corrected chi connectivity index (χ0v) is 10.7. The number of imidazole rings is 1. The van der Waals surface area contributed by atoms with Crippen LogP contribution in [0.3, 0.4) is 0 Å². The van der Waals surface area contributed by atoms with Gasteiger partial charge in [-0.15, -0.1) is 0 Å². The highest BCUT2D eigenvalue weighted by Crippen LogP contribution is 2.15. The van der Waals surface area contributed by atoms with Crippen LogP contribution in [0.5, 0.6) is 0 Å². The summed E-state index contributed by atoms with van der Waals surface area (Å²) in [6.45, 7) is 0.765. The second-order valence-electron chi connectivity index (χ2n) is 4.40. The van der Waals surface area contributed by atoms with Gasteiger partial charge < -0.3 is 9.88 Å². The molecule has 0 aliphatic heterocycles. The summed E-state index contributed by atoms with van der Waals surface area (Å²) in [7, 11) is 1.92. The summed E-state index contributed by atoms with van der Waals surface area (Å²) in [4.78, 5) is 4.06. The van der Waals surface area contributed by atoms with Gasteiger partial charge in [0.15, 0.2) is 0 Å². The van der Waals surface area contributed by atoms with Crippen LogP contribution in [0, 0.1) is 0 Å². The van der Waals surface area contributed by atoms with Gasteiger partial charge in [-0.05, 0) is 18.2 Å². The Hall–Kier alpha value is -2.56. The molecule has 5 heteroatoms. The van der Waals surface area contributed by atoms with Gasteiger partial charge in [-0.25, -0.2) is 4.98 Å². The Bertz CT molecular complexity index is 654. The lowest BCUT2D eigenvalue weighted by atomic mass is 10.2. The first-order valence-corrected chi connectivity index (χ1v) is 6.11. The van der Waals surface area contributed by atoms with Gasteiger partial charge >= 0.3 is 0 Å². The number of aromatic nitrogens is 4. The Morgan fingerprint density at radius 1 is 1.32 bits per heavy atom. The molecule has 2 heterocycles. The molecule has 3 rings (SSSR count). The lowest BCUT2D eigenvalue weighted by molar-refractivity contribution is 0.767. The number of benzene rings is 1. The molecule has 0 radical (unpaired) electrons. The van der Waals surface area contributed by atoms with Crippen LogP contribution in [-0.4, -0.2) is 19.3 Å². The fourth-order valence-electron chi connectivity index (χ4n) is 1.96. The maximum absolute atomic E-state index is 4.15. The second kappa shape index (κ2) is 4.97. The Morgan fingerprint density at radius 2 is 2.26 bits per heavy atom. The van der Waals surface area contributed by atoms with Crippen molar-refractivity contribution in [1.82, 2.24) is 19.3 Å². The second-order valence-corrected chi connectivity index (χ2v) is 4.40. The molecule has 0 atom stereocenters. The molecule has 19 heavy (non-hydrogen) atoms. The molecular weight excluding hydrogens is 238 g/mol. The third-order valence-electron chi connectivity index (χ3n) is 2.90. The zero-order valence-electron chi connectivity index (χ0n) is 10.7. The highest BCUT2D eigenvalue weighted by Gasteiger charge is 1.99. The molecule has 0 spiro atoms. The van der Waals surface area contributed by atoms with E-state index in [-0.39, 0.29) is 0 Å². The fraction of sp³-hybridized carbons (Fsp3) is 0.143. The topological polar surface area (TPSA) is 47.7 Å². The van der Waals surface area contributed by atoms with Crippen LogP contribution in [-0.2, 0) is 13.6 Å². The molecule has 0 saturated carbocycles. The standard InChI is InChI=1S/C14H15N5/c1-18-10-12(9-17-18)8-16-13-3-2-4-14(7-13)19-6-5-15-11-19/h2-7,9-11,16H,8H2,1H3. The summed E-state index contributed by atoms with van der Waals surface area (Å²) < 4.78 is 3.79. The van der Waals surface area contributed by atoms with Gasteiger partial charge in [-0.2, -0.15) is 5.10 Å². The van der Waals surface area contributed by atoms with E-state index in [2.05, 4.69) is 33.6 Å². The molecule has 0 fully saturated rings. The van der Waals surface area contributed by atoms with Gasteiger partial charge in [-0.1, -0.05) is 6.07 Å². The van der Waals surface area contributed by atoms with Gasteiger partial charge in [0, 0.05) is 49.1 Å². The van der Waals surface area contributed by atoms with Gasteiger partial charge in [-0.3, -0.25) is 4.68 Å². The smallest absolute Gasteiger partial charge is 0.0991 e. The van der Waals surface area contributed by atoms with Crippen molar-refractivity contribution in [3.63, 3.8) is 0 Å². The van der Waals surface area contributed by atoms with Crippen molar-refractivity contribution >= 4 is 5.69 Å². The Labute approximate surface area is 111 Å². The molecule has 3 aromatic rings. The molecule has 1 N–H and O–H groups in total. The monoisotopic (exact) mass is 253 g/mol. The first-order chi connectivity index (χ1) is 9.31. The van der Waals surface area contributed by atoms with E-state index < -0.39 is 0 Å². The van der Waals surface area contributed by atoms with Crippen molar-refractivity contribution in [3.05, 3.63) is 60.9 Å². The molecule has 0 amide bonds. The minimum atomic E-state index is 0.765. The van der Waals surface area contributed by atoms with Gasteiger partial charge in [0.2, 0.25) is 0 Å². The predicted molar refractivity (Wildman–Crippen MR) is 74.1 cm³/mol. The number of anilines is 1. The molecule has 2 aromatic heterocycles. The Balaban J connectivity index is 1.73. The van der Waals surface area contributed by atoms with Crippen LogP contribution < -0.4 is 5.32 Å². The van der Waals surface area contributed by atoms with Gasteiger partial charge in [0.05, 0.1) is 12.5 Å². The van der Waals surface area contributed by atoms with Crippen molar-refractivity contribution < 1.29 is 0 Å². The summed E-state index contributed by atoms with van der Waals surface area (Å²) in [5.41, 5.74) is 3.33. The average Bonchev–Trinajstić information content (AvgIpc) is 3.08. The SMILES string of the molecule is Cn1cc(CNc2cccc(-n3ccnc3)c2)cn1. The number of hydrogen-bond donors (Lipinski definition) is 1. The molecule has 0 saturated heterocycles. The van der Waals surface area contributed by atoms with E-state index in [0.29, 0.717) is 0 Å². The van der Waals surface area contributed by atoms with Crippen molar-refractivity contribution in [2.24, 2.45) is 7.05 Å². The summed E-state index contributed by atoms with van der Waals surface area (Å²) in [5, 5.41) is 7.54. The van der Waals surface area contributed by atoms with Crippen LogP contribution in [0.25, 0.3) is 5.69 Å². The van der Waals surface area contributed by atoms with E-state index in [9.17, 15) is 0 Å². The van der Waals surface area contributed by atoms with Gasteiger partial charge in [0.1, 0.15) is 0 Å². The first kappa shape index (κ1) is 11.5. The minimum Gasteiger partial charge on any atom is -0.381 e.